The van der Waals surface area contributed by atoms with E-state index in [0.29, 0.717) is 6.54 Å². The number of hydrogen-bond acceptors (Lipinski definition) is 7. The molecule has 0 radical (unpaired) electrons. The third-order valence-corrected chi connectivity index (χ3v) is 5.49. The average Bonchev–Trinajstić information content (AvgIpc) is 3.24. The Morgan fingerprint density at radius 1 is 1.59 bits per heavy atom. The molecule has 1 N–H and O–H groups in total. The normalized spacial score (nSPS) is 17.8. The molecular weight excluding hydrogens is 322 g/mol. The largest absolute Gasteiger partial charge is 0.373 e. The van der Waals surface area contributed by atoms with E-state index in [1.807, 2.05) is 12.1 Å². The average molecular weight is 339 g/mol. The number of carbonyl (C=O) groups is 1. The summed E-state index contributed by atoms with van der Waals surface area (Å²) in [6.07, 6.45) is 2.31. The van der Waals surface area contributed by atoms with Gasteiger partial charge in [0.2, 0.25) is 5.16 Å². The van der Waals surface area contributed by atoms with Crippen LogP contribution in [0.3, 0.4) is 0 Å². The second kappa shape index (κ2) is 7.21. The minimum atomic E-state index is -0.0362. The van der Waals surface area contributed by atoms with Gasteiger partial charge in [0.1, 0.15) is 0 Å². The van der Waals surface area contributed by atoms with E-state index < -0.39 is 0 Å². The first kappa shape index (κ1) is 15.4. The van der Waals surface area contributed by atoms with Crippen LogP contribution in [0.5, 0.6) is 0 Å². The van der Waals surface area contributed by atoms with Gasteiger partial charge in [-0.15, -0.1) is 16.4 Å². The van der Waals surface area contributed by atoms with Crippen molar-refractivity contribution in [3.8, 4) is 0 Å². The SMILES string of the molecule is Cn1nnnc1SCCNC(=O)c1ccc(C2CCCO2)s1. The maximum atomic E-state index is 12.1. The van der Waals surface area contributed by atoms with Gasteiger partial charge < -0.3 is 10.1 Å². The lowest BCUT2D eigenvalue weighted by Gasteiger charge is -2.05. The molecule has 0 spiro atoms. The van der Waals surface area contributed by atoms with Crippen molar-refractivity contribution in [2.24, 2.45) is 7.05 Å². The first-order valence-electron chi connectivity index (χ1n) is 7.09. The van der Waals surface area contributed by atoms with E-state index in [1.165, 1.54) is 23.1 Å². The minimum Gasteiger partial charge on any atom is -0.373 e. The molecule has 0 aliphatic carbocycles. The Morgan fingerprint density at radius 3 is 3.23 bits per heavy atom. The van der Waals surface area contributed by atoms with Gasteiger partial charge >= 0.3 is 0 Å². The van der Waals surface area contributed by atoms with Crippen molar-refractivity contribution < 1.29 is 9.53 Å². The zero-order valence-electron chi connectivity index (χ0n) is 12.2. The maximum Gasteiger partial charge on any atom is 0.261 e. The van der Waals surface area contributed by atoms with Crippen molar-refractivity contribution in [1.82, 2.24) is 25.5 Å². The molecule has 1 saturated heterocycles. The molecule has 118 valence electrons. The fraction of sp³-hybridized carbons (Fsp3) is 0.538. The molecule has 9 heteroatoms. The Labute approximate surface area is 136 Å². The monoisotopic (exact) mass is 339 g/mol. The Balaban J connectivity index is 1.44. The summed E-state index contributed by atoms with van der Waals surface area (Å²) in [5.41, 5.74) is 0. The van der Waals surface area contributed by atoms with Crippen LogP contribution in [0.2, 0.25) is 0 Å². The van der Waals surface area contributed by atoms with Gasteiger partial charge in [-0.1, -0.05) is 11.8 Å². The van der Waals surface area contributed by atoms with Crippen LogP contribution in [0.4, 0.5) is 0 Å². The van der Waals surface area contributed by atoms with E-state index in [9.17, 15) is 4.79 Å². The van der Waals surface area contributed by atoms with Crippen LogP contribution in [0.25, 0.3) is 0 Å². The molecule has 22 heavy (non-hydrogen) atoms. The summed E-state index contributed by atoms with van der Waals surface area (Å²) in [6.45, 7) is 1.39. The predicted molar refractivity (Wildman–Crippen MR) is 84.1 cm³/mol. The van der Waals surface area contributed by atoms with E-state index in [0.717, 1.165) is 40.1 Å². The van der Waals surface area contributed by atoms with Crippen LogP contribution in [-0.4, -0.2) is 45.0 Å². The molecule has 7 nitrogen and oxygen atoms in total. The lowest BCUT2D eigenvalue weighted by atomic mass is 10.2. The lowest BCUT2D eigenvalue weighted by Crippen LogP contribution is -2.24. The summed E-state index contributed by atoms with van der Waals surface area (Å²) in [5, 5.41) is 14.9. The molecule has 1 amide bonds. The third-order valence-electron chi connectivity index (χ3n) is 3.30. The first-order valence-corrected chi connectivity index (χ1v) is 8.89. The van der Waals surface area contributed by atoms with Crippen LogP contribution in [0.1, 0.15) is 33.5 Å². The summed E-state index contributed by atoms with van der Waals surface area (Å²) in [5.74, 6) is 0.690. The van der Waals surface area contributed by atoms with Crippen molar-refractivity contribution in [1.29, 1.82) is 0 Å². The van der Waals surface area contributed by atoms with E-state index >= 15 is 0 Å². The molecule has 3 rings (SSSR count). The number of hydrogen-bond donors (Lipinski definition) is 1. The number of amides is 1. The summed E-state index contributed by atoms with van der Waals surface area (Å²) in [4.78, 5) is 14.0. The molecule has 2 aromatic heterocycles. The van der Waals surface area contributed by atoms with Crippen LogP contribution in [0.15, 0.2) is 17.3 Å². The van der Waals surface area contributed by atoms with E-state index in [4.69, 9.17) is 4.74 Å². The molecule has 0 bridgehead atoms. The Bertz CT molecular complexity index is 636. The van der Waals surface area contributed by atoms with Gasteiger partial charge in [-0.05, 0) is 35.4 Å². The zero-order chi connectivity index (χ0) is 15.4. The molecule has 0 saturated carbocycles. The fourth-order valence-electron chi connectivity index (χ4n) is 2.19. The van der Waals surface area contributed by atoms with Gasteiger partial charge in [-0.3, -0.25) is 4.79 Å². The van der Waals surface area contributed by atoms with Gasteiger partial charge in [0.15, 0.2) is 0 Å². The predicted octanol–water partition coefficient (Wildman–Crippen LogP) is 1.65. The molecule has 1 aliphatic rings. The molecule has 3 heterocycles. The van der Waals surface area contributed by atoms with E-state index in [1.54, 1.807) is 11.7 Å². The maximum absolute atomic E-state index is 12.1. The van der Waals surface area contributed by atoms with Gasteiger partial charge in [-0.25, -0.2) is 4.68 Å². The van der Waals surface area contributed by atoms with Gasteiger partial charge in [0.25, 0.3) is 5.91 Å². The molecule has 1 unspecified atom stereocenters. The fourth-order valence-corrected chi connectivity index (χ4v) is 3.90. The molecule has 1 atom stereocenters. The Kier molecular flexibility index (Phi) is 5.06. The summed E-state index contributed by atoms with van der Waals surface area (Å²) < 4.78 is 7.25. The van der Waals surface area contributed by atoms with Crippen molar-refractivity contribution in [2.75, 3.05) is 18.9 Å². The van der Waals surface area contributed by atoms with E-state index in [-0.39, 0.29) is 12.0 Å². The number of aromatic nitrogens is 4. The van der Waals surface area contributed by atoms with E-state index in [2.05, 4.69) is 20.8 Å². The van der Waals surface area contributed by atoms with Gasteiger partial charge in [0, 0.05) is 30.8 Å². The standard InChI is InChI=1S/C13H17N5O2S2/c1-18-13(15-16-17-18)21-8-6-14-12(19)11-5-4-10(22-11)9-3-2-7-20-9/h4-5,9H,2-3,6-8H2,1H3,(H,14,19). The van der Waals surface area contributed by atoms with Crippen molar-refractivity contribution in [2.45, 2.75) is 24.1 Å². The number of carbonyl (C=O) groups excluding carboxylic acids is 1. The smallest absolute Gasteiger partial charge is 0.261 e. The number of nitrogens with one attached hydrogen (secondary N) is 1. The molecule has 2 aromatic rings. The highest BCUT2D eigenvalue weighted by Crippen LogP contribution is 2.33. The second-order valence-corrected chi connectivity index (χ2v) is 7.07. The zero-order valence-corrected chi connectivity index (χ0v) is 13.8. The molecular formula is C13H17N5O2S2. The highest BCUT2D eigenvalue weighted by Gasteiger charge is 2.20. The minimum absolute atomic E-state index is 0.0362. The van der Waals surface area contributed by atoms with Gasteiger partial charge in [-0.2, -0.15) is 0 Å². The second-order valence-electron chi connectivity index (χ2n) is 4.89. The number of nitrogens with zero attached hydrogens (tertiary/aromatic N) is 4. The number of ether oxygens (including phenoxy) is 1. The first-order chi connectivity index (χ1) is 10.7. The van der Waals surface area contributed by atoms with Crippen LogP contribution >= 0.6 is 23.1 Å². The van der Waals surface area contributed by atoms with Crippen molar-refractivity contribution >= 4 is 29.0 Å². The topological polar surface area (TPSA) is 81.9 Å². The summed E-state index contributed by atoms with van der Waals surface area (Å²) >= 11 is 3.03. The number of tetrazole rings is 1. The summed E-state index contributed by atoms with van der Waals surface area (Å²) in [7, 11) is 1.79. The van der Waals surface area contributed by atoms with Crippen molar-refractivity contribution in [3.63, 3.8) is 0 Å². The van der Waals surface area contributed by atoms with Crippen LogP contribution in [0, 0.1) is 0 Å². The molecule has 1 aliphatic heterocycles. The third kappa shape index (κ3) is 3.65. The van der Waals surface area contributed by atoms with Crippen molar-refractivity contribution in [3.05, 3.63) is 21.9 Å². The highest BCUT2D eigenvalue weighted by molar-refractivity contribution is 7.99. The lowest BCUT2D eigenvalue weighted by molar-refractivity contribution is 0.0960. The van der Waals surface area contributed by atoms with Crippen LogP contribution in [-0.2, 0) is 11.8 Å². The molecule has 1 fully saturated rings. The number of thiophene rings is 1. The number of aryl methyl sites for hydroxylation is 1. The quantitative estimate of drug-likeness (QED) is 0.636. The van der Waals surface area contributed by atoms with Gasteiger partial charge in [0.05, 0.1) is 11.0 Å². The highest BCUT2D eigenvalue weighted by atomic mass is 32.2. The number of thioether (sulfide) groups is 1. The molecule has 0 aromatic carbocycles. The Hall–Kier alpha value is -1.45. The summed E-state index contributed by atoms with van der Waals surface area (Å²) in [6, 6.07) is 3.87. The Morgan fingerprint density at radius 2 is 2.50 bits per heavy atom. The van der Waals surface area contributed by atoms with Crippen LogP contribution < -0.4 is 5.32 Å². The number of rotatable bonds is 6.